The quantitative estimate of drug-likeness (QED) is 0.614. The van der Waals surface area contributed by atoms with E-state index in [2.05, 4.69) is 0 Å². The van der Waals surface area contributed by atoms with Gasteiger partial charge in [-0.05, 0) is 19.3 Å². The lowest BCUT2D eigenvalue weighted by Gasteiger charge is -2.24. The van der Waals surface area contributed by atoms with Crippen molar-refractivity contribution in [2.24, 2.45) is 11.3 Å². The number of fused-ring (bicyclic) bond motifs is 1. The molecule has 0 bridgehead atoms. The third kappa shape index (κ3) is 0.853. The van der Waals surface area contributed by atoms with Gasteiger partial charge in [0.1, 0.15) is 5.78 Å². The fourth-order valence-electron chi connectivity index (χ4n) is 2.76. The first-order valence-electron chi connectivity index (χ1n) is 4.42. The summed E-state index contributed by atoms with van der Waals surface area (Å²) in [4.78, 5) is 11.3. The second-order valence-corrected chi connectivity index (χ2v) is 3.93. The van der Waals surface area contributed by atoms with Crippen LogP contribution in [0, 0.1) is 11.3 Å². The van der Waals surface area contributed by atoms with Gasteiger partial charge < -0.3 is 5.11 Å². The molecule has 2 atom stereocenters. The highest BCUT2D eigenvalue weighted by Crippen LogP contribution is 2.51. The van der Waals surface area contributed by atoms with Gasteiger partial charge in [-0.15, -0.1) is 0 Å². The van der Waals surface area contributed by atoms with Gasteiger partial charge in [-0.2, -0.15) is 0 Å². The first-order valence-corrected chi connectivity index (χ1v) is 4.42. The van der Waals surface area contributed by atoms with E-state index in [4.69, 9.17) is 0 Å². The minimum absolute atomic E-state index is 0.0249. The predicted molar refractivity (Wildman–Crippen MR) is 41.1 cm³/mol. The largest absolute Gasteiger partial charge is 0.396 e. The highest BCUT2D eigenvalue weighted by atomic mass is 16.3. The molecule has 2 unspecified atom stereocenters. The average molecular weight is 154 g/mol. The molecule has 1 N–H and O–H groups in total. The molecule has 2 saturated carbocycles. The van der Waals surface area contributed by atoms with E-state index in [0.29, 0.717) is 12.2 Å². The van der Waals surface area contributed by atoms with E-state index in [1.54, 1.807) is 0 Å². The number of rotatable bonds is 1. The first kappa shape index (κ1) is 7.29. The van der Waals surface area contributed by atoms with Gasteiger partial charge >= 0.3 is 0 Å². The van der Waals surface area contributed by atoms with Gasteiger partial charge in [0.25, 0.3) is 0 Å². The Morgan fingerprint density at radius 3 is 3.00 bits per heavy atom. The van der Waals surface area contributed by atoms with Crippen LogP contribution in [-0.4, -0.2) is 17.5 Å². The lowest BCUT2D eigenvalue weighted by atomic mass is 9.81. The summed E-state index contributed by atoms with van der Waals surface area (Å²) < 4.78 is 0. The van der Waals surface area contributed by atoms with Gasteiger partial charge in [0.05, 0.1) is 0 Å². The maximum atomic E-state index is 11.3. The van der Waals surface area contributed by atoms with Crippen LogP contribution in [0.5, 0.6) is 0 Å². The Kier molecular flexibility index (Phi) is 1.53. The Morgan fingerprint density at radius 2 is 2.36 bits per heavy atom. The summed E-state index contributed by atoms with van der Waals surface area (Å²) >= 11 is 0. The van der Waals surface area contributed by atoms with Crippen molar-refractivity contribution in [1.29, 1.82) is 0 Å². The molecule has 0 aromatic carbocycles. The molecular formula is C9H14O2. The molecular weight excluding hydrogens is 140 g/mol. The van der Waals surface area contributed by atoms with Crippen LogP contribution in [0.1, 0.15) is 32.1 Å². The summed E-state index contributed by atoms with van der Waals surface area (Å²) in [7, 11) is 0. The Bertz CT molecular complexity index is 188. The van der Waals surface area contributed by atoms with Crippen molar-refractivity contribution in [3.05, 3.63) is 0 Å². The van der Waals surface area contributed by atoms with Crippen LogP contribution in [0.3, 0.4) is 0 Å². The van der Waals surface area contributed by atoms with Crippen molar-refractivity contribution in [1.82, 2.24) is 0 Å². The van der Waals surface area contributed by atoms with Gasteiger partial charge in [-0.1, -0.05) is 6.42 Å². The molecule has 0 aliphatic heterocycles. The molecule has 0 saturated heterocycles. The molecule has 0 amide bonds. The fourth-order valence-corrected chi connectivity index (χ4v) is 2.76. The van der Waals surface area contributed by atoms with Crippen molar-refractivity contribution in [2.45, 2.75) is 32.1 Å². The van der Waals surface area contributed by atoms with Crippen molar-refractivity contribution in [3.8, 4) is 0 Å². The van der Waals surface area contributed by atoms with E-state index in [-0.39, 0.29) is 17.9 Å². The lowest BCUT2D eigenvalue weighted by Crippen LogP contribution is -2.26. The molecule has 0 spiro atoms. The normalized spacial score (nSPS) is 43.0. The highest BCUT2D eigenvalue weighted by molar-refractivity contribution is 5.84. The van der Waals surface area contributed by atoms with E-state index in [1.807, 2.05) is 0 Å². The Morgan fingerprint density at radius 1 is 1.55 bits per heavy atom. The molecule has 2 aliphatic rings. The highest BCUT2D eigenvalue weighted by Gasteiger charge is 2.50. The van der Waals surface area contributed by atoms with E-state index in [0.717, 1.165) is 25.7 Å². The maximum absolute atomic E-state index is 11.3. The summed E-state index contributed by atoms with van der Waals surface area (Å²) in [5.74, 6) is 0.615. The minimum atomic E-state index is 0.0249. The van der Waals surface area contributed by atoms with Gasteiger partial charge in [0.15, 0.2) is 0 Å². The predicted octanol–water partition coefficient (Wildman–Crippen LogP) is 1.13. The van der Waals surface area contributed by atoms with Gasteiger partial charge in [-0.25, -0.2) is 0 Å². The molecule has 62 valence electrons. The summed E-state index contributed by atoms with van der Waals surface area (Å²) in [6.45, 7) is 0.226. The zero-order valence-electron chi connectivity index (χ0n) is 6.68. The van der Waals surface area contributed by atoms with Crippen LogP contribution in [0.4, 0.5) is 0 Å². The van der Waals surface area contributed by atoms with Crippen LogP contribution in [0.2, 0.25) is 0 Å². The molecule has 2 aliphatic carbocycles. The van der Waals surface area contributed by atoms with Crippen LogP contribution in [0.25, 0.3) is 0 Å². The second kappa shape index (κ2) is 2.31. The van der Waals surface area contributed by atoms with Crippen molar-refractivity contribution >= 4 is 5.78 Å². The van der Waals surface area contributed by atoms with Crippen molar-refractivity contribution < 1.29 is 9.90 Å². The monoisotopic (exact) mass is 154 g/mol. The standard InChI is InChI=1S/C9H14O2/c10-6-9-4-1-2-7(9)8(11)3-5-9/h7,10H,1-6H2. The Balaban J connectivity index is 2.25. The van der Waals surface area contributed by atoms with Crippen LogP contribution >= 0.6 is 0 Å². The van der Waals surface area contributed by atoms with Crippen LogP contribution < -0.4 is 0 Å². The number of aliphatic hydroxyl groups excluding tert-OH is 1. The molecule has 2 fully saturated rings. The van der Waals surface area contributed by atoms with Gasteiger partial charge in [0, 0.05) is 24.4 Å². The zero-order chi connectivity index (χ0) is 7.90. The SMILES string of the molecule is O=C1CCC2(CO)CCCC12. The molecule has 0 radical (unpaired) electrons. The minimum Gasteiger partial charge on any atom is -0.396 e. The van der Waals surface area contributed by atoms with E-state index in [9.17, 15) is 9.90 Å². The first-order chi connectivity index (χ1) is 5.28. The molecule has 0 heterocycles. The molecule has 0 aromatic heterocycles. The Hall–Kier alpha value is -0.370. The summed E-state index contributed by atoms with van der Waals surface area (Å²) in [5, 5.41) is 9.19. The number of ketones is 1. The van der Waals surface area contributed by atoms with Crippen LogP contribution in [0.15, 0.2) is 0 Å². The van der Waals surface area contributed by atoms with Gasteiger partial charge in [0.2, 0.25) is 0 Å². The molecule has 0 aromatic rings. The number of hydrogen-bond donors (Lipinski definition) is 1. The third-order valence-electron chi connectivity index (χ3n) is 3.48. The Labute approximate surface area is 66.6 Å². The molecule has 2 nitrogen and oxygen atoms in total. The smallest absolute Gasteiger partial charge is 0.136 e. The maximum Gasteiger partial charge on any atom is 0.136 e. The number of aliphatic hydroxyl groups is 1. The van der Waals surface area contributed by atoms with Crippen LogP contribution in [-0.2, 0) is 4.79 Å². The van der Waals surface area contributed by atoms with Gasteiger partial charge in [-0.3, -0.25) is 4.79 Å². The zero-order valence-corrected chi connectivity index (χ0v) is 6.68. The van der Waals surface area contributed by atoms with E-state index < -0.39 is 0 Å². The molecule has 11 heavy (non-hydrogen) atoms. The average Bonchev–Trinajstić information content (AvgIpc) is 2.53. The second-order valence-electron chi connectivity index (χ2n) is 3.93. The van der Waals surface area contributed by atoms with E-state index in [1.165, 1.54) is 0 Å². The lowest BCUT2D eigenvalue weighted by molar-refractivity contribution is -0.122. The topological polar surface area (TPSA) is 37.3 Å². The summed E-state index contributed by atoms with van der Waals surface area (Å²) in [5.41, 5.74) is 0.0249. The number of Topliss-reactive ketones (excluding diaryl/α,β-unsaturated/α-hetero) is 1. The van der Waals surface area contributed by atoms with E-state index >= 15 is 0 Å². The fraction of sp³-hybridized carbons (Fsp3) is 0.889. The van der Waals surface area contributed by atoms with Crippen molar-refractivity contribution in [2.75, 3.05) is 6.61 Å². The third-order valence-corrected chi connectivity index (χ3v) is 3.48. The number of carbonyl (C=O) groups excluding carboxylic acids is 1. The summed E-state index contributed by atoms with van der Waals surface area (Å²) in [6.07, 6.45) is 4.88. The molecule has 2 heteroatoms. The number of hydrogen-bond acceptors (Lipinski definition) is 2. The number of carbonyl (C=O) groups is 1. The van der Waals surface area contributed by atoms with Crippen molar-refractivity contribution in [3.63, 3.8) is 0 Å². The summed E-state index contributed by atoms with van der Waals surface area (Å²) in [6, 6.07) is 0. The molecule has 2 rings (SSSR count).